The van der Waals surface area contributed by atoms with Gasteiger partial charge in [0.1, 0.15) is 0 Å². The minimum Gasteiger partial charge on any atom is -0.314 e. The van der Waals surface area contributed by atoms with Gasteiger partial charge in [0.15, 0.2) is 0 Å². The van der Waals surface area contributed by atoms with Crippen LogP contribution in [0.25, 0.3) is 0 Å². The summed E-state index contributed by atoms with van der Waals surface area (Å²) in [6.45, 7) is 4.10. The molecule has 1 fully saturated rings. The number of likely N-dealkylation sites (tertiary alicyclic amines) is 1. The number of nitrogens with zero attached hydrogens (tertiary/aromatic N) is 2. The molecular weight excluding hydrogens is 212 g/mol. The van der Waals surface area contributed by atoms with Crippen LogP contribution in [0, 0.1) is 5.92 Å². The van der Waals surface area contributed by atoms with Gasteiger partial charge in [-0.2, -0.15) is 5.06 Å². The third-order valence-electron chi connectivity index (χ3n) is 3.37. The monoisotopic (exact) mass is 234 g/mol. The second kappa shape index (κ2) is 6.15. The standard InChI is InChI=1S/C14H22N2O/c1-15(17)10-14-8-5-9-16(12-14)11-13-6-3-2-4-7-13/h2-4,6-7,14,17H,5,8-12H2,1H3. The molecule has 3 heteroatoms. The van der Waals surface area contributed by atoms with Crippen LogP contribution in [0.2, 0.25) is 0 Å². The van der Waals surface area contributed by atoms with E-state index in [0.29, 0.717) is 5.92 Å². The number of rotatable bonds is 4. The molecule has 1 atom stereocenters. The molecule has 1 aliphatic heterocycles. The van der Waals surface area contributed by atoms with Gasteiger partial charge in [-0.1, -0.05) is 30.3 Å². The van der Waals surface area contributed by atoms with E-state index in [0.717, 1.165) is 19.6 Å². The van der Waals surface area contributed by atoms with Crippen LogP contribution in [0.1, 0.15) is 18.4 Å². The van der Waals surface area contributed by atoms with E-state index in [4.69, 9.17) is 0 Å². The molecule has 0 amide bonds. The van der Waals surface area contributed by atoms with Gasteiger partial charge >= 0.3 is 0 Å². The van der Waals surface area contributed by atoms with Crippen molar-refractivity contribution in [2.45, 2.75) is 19.4 Å². The highest BCUT2D eigenvalue weighted by atomic mass is 16.5. The molecule has 0 spiro atoms. The lowest BCUT2D eigenvalue weighted by Crippen LogP contribution is -2.39. The molecule has 0 radical (unpaired) electrons. The summed E-state index contributed by atoms with van der Waals surface area (Å²) < 4.78 is 0. The third-order valence-corrected chi connectivity index (χ3v) is 3.37. The zero-order chi connectivity index (χ0) is 12.1. The van der Waals surface area contributed by atoms with E-state index in [9.17, 15) is 5.21 Å². The predicted octanol–water partition coefficient (Wildman–Crippen LogP) is 2.22. The molecule has 1 heterocycles. The van der Waals surface area contributed by atoms with Crippen LogP contribution >= 0.6 is 0 Å². The largest absolute Gasteiger partial charge is 0.314 e. The van der Waals surface area contributed by atoms with Crippen molar-refractivity contribution in [3.63, 3.8) is 0 Å². The van der Waals surface area contributed by atoms with Gasteiger partial charge in [0.25, 0.3) is 0 Å². The number of piperidine rings is 1. The topological polar surface area (TPSA) is 26.7 Å². The smallest absolute Gasteiger partial charge is 0.0275 e. The summed E-state index contributed by atoms with van der Waals surface area (Å²) in [7, 11) is 1.73. The van der Waals surface area contributed by atoms with Crippen LogP contribution < -0.4 is 0 Å². The Hall–Kier alpha value is -0.900. The second-order valence-electron chi connectivity index (χ2n) is 5.07. The summed E-state index contributed by atoms with van der Waals surface area (Å²) in [5, 5.41) is 10.6. The highest BCUT2D eigenvalue weighted by Crippen LogP contribution is 2.18. The van der Waals surface area contributed by atoms with Crippen LogP contribution in [0.4, 0.5) is 0 Å². The van der Waals surface area contributed by atoms with Gasteiger partial charge in [0, 0.05) is 26.7 Å². The van der Waals surface area contributed by atoms with Crippen LogP contribution in [0.3, 0.4) is 0 Å². The minimum absolute atomic E-state index is 0.600. The van der Waals surface area contributed by atoms with E-state index < -0.39 is 0 Å². The molecule has 1 unspecified atom stereocenters. The van der Waals surface area contributed by atoms with Crippen LogP contribution in [0.15, 0.2) is 30.3 Å². The molecule has 2 rings (SSSR count). The van der Waals surface area contributed by atoms with Crippen molar-refractivity contribution in [3.05, 3.63) is 35.9 Å². The fourth-order valence-corrected chi connectivity index (χ4v) is 2.66. The summed E-state index contributed by atoms with van der Waals surface area (Å²) in [6, 6.07) is 10.6. The maximum Gasteiger partial charge on any atom is 0.0275 e. The van der Waals surface area contributed by atoms with E-state index >= 15 is 0 Å². The molecule has 1 aromatic rings. The Bertz CT molecular complexity index is 326. The van der Waals surface area contributed by atoms with Gasteiger partial charge in [0.05, 0.1) is 0 Å². The molecule has 0 bridgehead atoms. The first kappa shape index (κ1) is 12.6. The Morgan fingerprint density at radius 3 is 2.82 bits per heavy atom. The van der Waals surface area contributed by atoms with Crippen molar-refractivity contribution in [3.8, 4) is 0 Å². The molecule has 94 valence electrons. The van der Waals surface area contributed by atoms with Crippen molar-refractivity contribution in [1.82, 2.24) is 9.96 Å². The Labute approximate surface area is 104 Å². The number of benzene rings is 1. The van der Waals surface area contributed by atoms with Gasteiger partial charge in [-0.05, 0) is 30.9 Å². The molecule has 1 aromatic carbocycles. The Morgan fingerprint density at radius 1 is 1.35 bits per heavy atom. The highest BCUT2D eigenvalue weighted by Gasteiger charge is 2.20. The van der Waals surface area contributed by atoms with E-state index in [1.165, 1.54) is 30.0 Å². The van der Waals surface area contributed by atoms with Crippen molar-refractivity contribution in [1.29, 1.82) is 0 Å². The van der Waals surface area contributed by atoms with Crippen LogP contribution in [-0.2, 0) is 6.54 Å². The number of hydrogen-bond donors (Lipinski definition) is 1. The molecule has 0 aromatic heterocycles. The zero-order valence-corrected chi connectivity index (χ0v) is 10.5. The highest BCUT2D eigenvalue weighted by molar-refractivity contribution is 5.14. The summed E-state index contributed by atoms with van der Waals surface area (Å²) in [6.07, 6.45) is 2.47. The average Bonchev–Trinajstić information content (AvgIpc) is 2.30. The van der Waals surface area contributed by atoms with Gasteiger partial charge in [-0.15, -0.1) is 0 Å². The van der Waals surface area contributed by atoms with Gasteiger partial charge in [-0.3, -0.25) is 4.90 Å². The lowest BCUT2D eigenvalue weighted by atomic mass is 9.97. The van der Waals surface area contributed by atoms with E-state index in [2.05, 4.69) is 35.2 Å². The fraction of sp³-hybridized carbons (Fsp3) is 0.571. The zero-order valence-electron chi connectivity index (χ0n) is 10.5. The Morgan fingerprint density at radius 2 is 2.12 bits per heavy atom. The summed E-state index contributed by atoms with van der Waals surface area (Å²) in [5.41, 5.74) is 1.38. The van der Waals surface area contributed by atoms with Crippen molar-refractivity contribution in [2.24, 2.45) is 5.92 Å². The Kier molecular flexibility index (Phi) is 4.54. The van der Waals surface area contributed by atoms with Crippen molar-refractivity contribution >= 4 is 0 Å². The first-order valence-electron chi connectivity index (χ1n) is 6.40. The maximum absolute atomic E-state index is 9.30. The molecule has 1 saturated heterocycles. The molecule has 1 aliphatic rings. The third kappa shape index (κ3) is 4.11. The van der Waals surface area contributed by atoms with Gasteiger partial charge in [0.2, 0.25) is 0 Å². The van der Waals surface area contributed by atoms with E-state index in [-0.39, 0.29) is 0 Å². The summed E-state index contributed by atoms with van der Waals surface area (Å²) >= 11 is 0. The van der Waals surface area contributed by atoms with Crippen LogP contribution in [-0.4, -0.2) is 41.9 Å². The minimum atomic E-state index is 0.600. The quantitative estimate of drug-likeness (QED) is 0.809. The average molecular weight is 234 g/mol. The second-order valence-corrected chi connectivity index (χ2v) is 5.07. The number of hydroxylamine groups is 2. The number of hydrogen-bond acceptors (Lipinski definition) is 3. The lowest BCUT2D eigenvalue weighted by Gasteiger charge is -2.33. The SMILES string of the molecule is CN(O)CC1CCCN(Cc2ccccc2)C1. The first-order valence-corrected chi connectivity index (χ1v) is 6.40. The fourth-order valence-electron chi connectivity index (χ4n) is 2.66. The van der Waals surface area contributed by atoms with Gasteiger partial charge in [-0.25, -0.2) is 0 Å². The van der Waals surface area contributed by atoms with E-state index in [1.54, 1.807) is 7.05 Å². The molecular formula is C14H22N2O. The first-order chi connectivity index (χ1) is 8.24. The summed E-state index contributed by atoms with van der Waals surface area (Å²) in [5.74, 6) is 0.600. The van der Waals surface area contributed by atoms with E-state index in [1.807, 2.05) is 0 Å². The molecule has 0 saturated carbocycles. The molecule has 0 aliphatic carbocycles. The lowest BCUT2D eigenvalue weighted by molar-refractivity contribution is -0.0823. The van der Waals surface area contributed by atoms with Crippen LogP contribution in [0.5, 0.6) is 0 Å². The normalized spacial score (nSPS) is 21.9. The predicted molar refractivity (Wildman–Crippen MR) is 68.9 cm³/mol. The molecule has 3 nitrogen and oxygen atoms in total. The molecule has 17 heavy (non-hydrogen) atoms. The van der Waals surface area contributed by atoms with Gasteiger partial charge < -0.3 is 5.21 Å². The Balaban J connectivity index is 1.85. The summed E-state index contributed by atoms with van der Waals surface area (Å²) in [4.78, 5) is 2.49. The molecule has 1 N–H and O–H groups in total. The van der Waals surface area contributed by atoms with Crippen molar-refractivity contribution < 1.29 is 5.21 Å². The van der Waals surface area contributed by atoms with Crippen molar-refractivity contribution in [2.75, 3.05) is 26.7 Å². The maximum atomic E-state index is 9.30.